The van der Waals surface area contributed by atoms with E-state index in [1.54, 1.807) is 31.2 Å². The molecule has 4 rings (SSSR count). The number of amides is 1. The number of nitriles is 1. The highest BCUT2D eigenvalue weighted by atomic mass is 32.2. The lowest BCUT2D eigenvalue weighted by molar-refractivity contribution is 0.102. The monoisotopic (exact) mass is 498 g/mol. The predicted octanol–water partition coefficient (Wildman–Crippen LogP) is 2.82. The van der Waals surface area contributed by atoms with E-state index in [4.69, 9.17) is 4.74 Å². The van der Waals surface area contributed by atoms with Gasteiger partial charge in [-0.2, -0.15) is 18.0 Å². The van der Waals surface area contributed by atoms with Gasteiger partial charge >= 0.3 is 0 Å². The molecule has 34 heavy (non-hydrogen) atoms. The molecule has 12 heteroatoms. The van der Waals surface area contributed by atoms with E-state index in [1.807, 2.05) is 6.92 Å². The standard InChI is InChI=1S/C22H22N6O4S2/c1-4-25-34(30,31)28-11-18-20(12-28)33-22(26-18)27-21(29)17-10-24-13(2)7-15(17)16-8-14(9-23)5-6-19(16)32-3/h5-8,10,25H,4,11-12H2,1-3H3,(H,26,27,29). The Labute approximate surface area is 201 Å². The summed E-state index contributed by atoms with van der Waals surface area (Å²) in [4.78, 5) is 22.7. The third-order valence-corrected chi connectivity index (χ3v) is 7.80. The quantitative estimate of drug-likeness (QED) is 0.511. The van der Waals surface area contributed by atoms with Crippen LogP contribution >= 0.6 is 11.3 Å². The summed E-state index contributed by atoms with van der Waals surface area (Å²) >= 11 is 1.24. The van der Waals surface area contributed by atoms with E-state index in [0.29, 0.717) is 51.1 Å². The van der Waals surface area contributed by atoms with Crippen molar-refractivity contribution in [2.75, 3.05) is 19.0 Å². The van der Waals surface area contributed by atoms with Crippen LogP contribution in [0.3, 0.4) is 0 Å². The van der Waals surface area contributed by atoms with Crippen LogP contribution in [0.2, 0.25) is 0 Å². The van der Waals surface area contributed by atoms with E-state index in [2.05, 4.69) is 26.1 Å². The number of fused-ring (bicyclic) bond motifs is 1. The molecule has 0 fully saturated rings. The van der Waals surface area contributed by atoms with Gasteiger partial charge in [0.15, 0.2) is 5.13 Å². The van der Waals surface area contributed by atoms with Crippen LogP contribution in [0.15, 0.2) is 30.5 Å². The molecule has 0 saturated carbocycles. The van der Waals surface area contributed by atoms with Crippen molar-refractivity contribution < 1.29 is 17.9 Å². The number of nitrogens with one attached hydrogen (secondary N) is 2. The van der Waals surface area contributed by atoms with E-state index in [1.165, 1.54) is 28.9 Å². The summed E-state index contributed by atoms with van der Waals surface area (Å²) in [6.07, 6.45) is 1.48. The Kier molecular flexibility index (Phi) is 6.63. The van der Waals surface area contributed by atoms with Crippen molar-refractivity contribution in [1.29, 1.82) is 5.26 Å². The first kappa shape index (κ1) is 23.8. The lowest BCUT2D eigenvalue weighted by Crippen LogP contribution is -2.37. The summed E-state index contributed by atoms with van der Waals surface area (Å²) in [6.45, 7) is 4.18. The lowest BCUT2D eigenvalue weighted by atomic mass is 9.97. The first-order valence-corrected chi connectivity index (χ1v) is 12.6. The second-order valence-corrected chi connectivity index (χ2v) is 10.4. The molecule has 1 amide bonds. The largest absolute Gasteiger partial charge is 0.496 e. The number of hydrogen-bond acceptors (Lipinski definition) is 8. The molecule has 0 atom stereocenters. The van der Waals surface area contributed by atoms with Gasteiger partial charge in [-0.3, -0.25) is 15.1 Å². The number of carbonyl (C=O) groups excluding carboxylic acids is 1. The molecule has 0 radical (unpaired) electrons. The second kappa shape index (κ2) is 9.47. The number of aryl methyl sites for hydroxylation is 1. The summed E-state index contributed by atoms with van der Waals surface area (Å²) in [5.74, 6) is 0.102. The maximum atomic E-state index is 13.2. The van der Waals surface area contributed by atoms with Crippen LogP contribution in [-0.2, 0) is 23.3 Å². The second-order valence-electron chi connectivity index (χ2n) is 7.51. The van der Waals surface area contributed by atoms with Crippen molar-refractivity contribution in [2.45, 2.75) is 26.9 Å². The van der Waals surface area contributed by atoms with E-state index in [9.17, 15) is 18.5 Å². The minimum atomic E-state index is -3.56. The van der Waals surface area contributed by atoms with Gasteiger partial charge in [-0.25, -0.2) is 9.71 Å². The number of rotatable bonds is 7. The van der Waals surface area contributed by atoms with Crippen LogP contribution in [0, 0.1) is 18.3 Å². The molecule has 3 aromatic rings. The number of benzene rings is 1. The molecule has 176 valence electrons. The van der Waals surface area contributed by atoms with E-state index in [0.717, 1.165) is 4.88 Å². The summed E-state index contributed by atoms with van der Waals surface area (Å²) in [5, 5.41) is 12.5. The minimum absolute atomic E-state index is 0.145. The average Bonchev–Trinajstić information content (AvgIpc) is 3.37. The predicted molar refractivity (Wildman–Crippen MR) is 128 cm³/mol. The van der Waals surface area contributed by atoms with Gasteiger partial charge in [0.05, 0.1) is 43.1 Å². The van der Waals surface area contributed by atoms with Gasteiger partial charge < -0.3 is 4.74 Å². The molecule has 2 N–H and O–H groups in total. The number of methoxy groups -OCH3 is 1. The fraction of sp³-hybridized carbons (Fsp3) is 0.273. The number of anilines is 1. The fourth-order valence-electron chi connectivity index (χ4n) is 3.63. The minimum Gasteiger partial charge on any atom is -0.496 e. The summed E-state index contributed by atoms with van der Waals surface area (Å²) < 4.78 is 33.7. The maximum absolute atomic E-state index is 13.2. The third kappa shape index (κ3) is 4.64. The van der Waals surface area contributed by atoms with Crippen LogP contribution in [0.25, 0.3) is 11.1 Å². The molecule has 10 nitrogen and oxygen atoms in total. The van der Waals surface area contributed by atoms with Crippen molar-refractivity contribution in [2.24, 2.45) is 0 Å². The normalized spacial score (nSPS) is 13.4. The Balaban J connectivity index is 1.61. The Hall–Kier alpha value is -3.37. The van der Waals surface area contributed by atoms with E-state index < -0.39 is 16.1 Å². The first-order valence-electron chi connectivity index (χ1n) is 10.4. The Morgan fingerprint density at radius 1 is 1.29 bits per heavy atom. The molecule has 0 spiro atoms. The Morgan fingerprint density at radius 3 is 2.76 bits per heavy atom. The van der Waals surface area contributed by atoms with Crippen LogP contribution in [0.5, 0.6) is 5.75 Å². The van der Waals surface area contributed by atoms with Gasteiger partial charge in [0.1, 0.15) is 5.75 Å². The zero-order chi connectivity index (χ0) is 24.5. The van der Waals surface area contributed by atoms with Gasteiger partial charge in [0.25, 0.3) is 16.1 Å². The molecule has 0 unspecified atom stereocenters. The van der Waals surface area contributed by atoms with Gasteiger partial charge in [-0.1, -0.05) is 18.3 Å². The highest BCUT2D eigenvalue weighted by Crippen LogP contribution is 2.35. The zero-order valence-corrected chi connectivity index (χ0v) is 20.4. The molecule has 0 aliphatic carbocycles. The van der Waals surface area contributed by atoms with Gasteiger partial charge in [-0.05, 0) is 31.2 Å². The van der Waals surface area contributed by atoms with Gasteiger partial charge in [-0.15, -0.1) is 0 Å². The number of aromatic nitrogens is 2. The Bertz CT molecular complexity index is 1390. The SMILES string of the molecule is CCNS(=O)(=O)N1Cc2nc(NC(=O)c3cnc(C)cc3-c3cc(C#N)ccc3OC)sc2C1. The van der Waals surface area contributed by atoms with Gasteiger partial charge in [0, 0.05) is 34.4 Å². The Morgan fingerprint density at radius 2 is 2.09 bits per heavy atom. The molecule has 2 aromatic heterocycles. The number of carbonyl (C=O) groups is 1. The molecule has 1 aliphatic heterocycles. The van der Waals surface area contributed by atoms with Crippen molar-refractivity contribution in [3.05, 3.63) is 57.9 Å². The van der Waals surface area contributed by atoms with Crippen LogP contribution < -0.4 is 14.8 Å². The maximum Gasteiger partial charge on any atom is 0.280 e. The van der Waals surface area contributed by atoms with E-state index >= 15 is 0 Å². The highest BCUT2D eigenvalue weighted by molar-refractivity contribution is 7.87. The lowest BCUT2D eigenvalue weighted by Gasteiger charge is -2.15. The van der Waals surface area contributed by atoms with Crippen molar-refractivity contribution >= 4 is 32.6 Å². The topological polar surface area (TPSA) is 137 Å². The molecule has 1 aliphatic rings. The van der Waals surface area contributed by atoms with E-state index in [-0.39, 0.29) is 13.1 Å². The smallest absolute Gasteiger partial charge is 0.280 e. The van der Waals surface area contributed by atoms with Gasteiger partial charge in [0.2, 0.25) is 0 Å². The number of thiazole rings is 1. The number of nitrogens with zero attached hydrogens (tertiary/aromatic N) is 4. The first-order chi connectivity index (χ1) is 16.2. The number of pyridine rings is 1. The zero-order valence-electron chi connectivity index (χ0n) is 18.7. The fourth-order valence-corrected chi connectivity index (χ4v) is 5.83. The summed E-state index contributed by atoms with van der Waals surface area (Å²) in [5.41, 5.74) is 3.23. The van der Waals surface area contributed by atoms with Crippen LogP contribution in [0.4, 0.5) is 5.13 Å². The van der Waals surface area contributed by atoms with Crippen molar-refractivity contribution in [3.63, 3.8) is 0 Å². The molecule has 0 saturated heterocycles. The van der Waals surface area contributed by atoms with Crippen LogP contribution in [0.1, 0.15) is 39.1 Å². The third-order valence-electron chi connectivity index (χ3n) is 5.22. The molecular formula is C22H22N6O4S2. The molecule has 0 bridgehead atoms. The number of ether oxygens (including phenoxy) is 1. The summed E-state index contributed by atoms with van der Waals surface area (Å²) in [7, 11) is -2.04. The molecular weight excluding hydrogens is 476 g/mol. The summed E-state index contributed by atoms with van der Waals surface area (Å²) in [6, 6.07) is 8.87. The number of hydrogen-bond donors (Lipinski definition) is 2. The van der Waals surface area contributed by atoms with Crippen molar-refractivity contribution in [1.82, 2.24) is 19.0 Å². The highest BCUT2D eigenvalue weighted by Gasteiger charge is 2.32. The van der Waals surface area contributed by atoms with Crippen molar-refractivity contribution in [3.8, 4) is 22.9 Å². The molecule has 1 aromatic carbocycles. The van der Waals surface area contributed by atoms with Crippen LogP contribution in [-0.4, -0.2) is 42.3 Å². The average molecular weight is 499 g/mol. The molecule has 3 heterocycles.